The Kier molecular flexibility index (Phi) is 7.28. The summed E-state index contributed by atoms with van der Waals surface area (Å²) in [5, 5.41) is 10.1. The summed E-state index contributed by atoms with van der Waals surface area (Å²) in [7, 11) is 0. The quantitative estimate of drug-likeness (QED) is 0.161. The van der Waals surface area contributed by atoms with Crippen LogP contribution in [0.5, 0.6) is 0 Å². The van der Waals surface area contributed by atoms with E-state index in [0.717, 1.165) is 17.1 Å². The Hall–Kier alpha value is -6.96. The fourth-order valence-corrected chi connectivity index (χ4v) is 9.46. The first-order chi connectivity index (χ1) is 27.5. The van der Waals surface area contributed by atoms with Crippen molar-refractivity contribution in [1.82, 2.24) is 0 Å². The van der Waals surface area contributed by atoms with Gasteiger partial charge in [0.1, 0.15) is 0 Å². The van der Waals surface area contributed by atoms with E-state index in [-0.39, 0.29) is 5.41 Å². The lowest BCUT2D eigenvalue weighted by atomic mass is 9.82. The van der Waals surface area contributed by atoms with E-state index in [0.29, 0.717) is 0 Å². The lowest BCUT2D eigenvalue weighted by molar-refractivity contribution is 0.660. The fraction of sp³-hybridized carbons (Fsp3) is 0.0545. The Morgan fingerprint density at radius 1 is 0.304 bits per heavy atom. The SMILES string of the molecule is CC1(C)c2ccccc2-c2cc(-c3cc4c5ccccc5c(-c5ccc6cc(N(c7ccccc7)c7ccccc7)ccc6c5)cc4c4ccccc34)ccc21. The summed E-state index contributed by atoms with van der Waals surface area (Å²) < 4.78 is 0. The molecule has 0 amide bonds. The van der Waals surface area contributed by atoms with Crippen LogP contribution in [0.15, 0.2) is 200 Å². The van der Waals surface area contributed by atoms with Gasteiger partial charge in [-0.15, -0.1) is 0 Å². The third kappa shape index (κ3) is 5.01. The predicted octanol–water partition coefficient (Wildman–Crippen LogP) is 15.4. The number of hydrogen-bond donors (Lipinski definition) is 0. The molecule has 0 bridgehead atoms. The molecule has 0 radical (unpaired) electrons. The third-order valence-electron chi connectivity index (χ3n) is 12.2. The maximum Gasteiger partial charge on any atom is 0.0468 e. The van der Waals surface area contributed by atoms with Crippen LogP contribution in [0.4, 0.5) is 17.1 Å². The van der Waals surface area contributed by atoms with E-state index in [4.69, 9.17) is 0 Å². The second kappa shape index (κ2) is 12.5. The van der Waals surface area contributed by atoms with Crippen molar-refractivity contribution in [2.75, 3.05) is 4.90 Å². The van der Waals surface area contributed by atoms with Crippen LogP contribution in [-0.4, -0.2) is 0 Å². The molecule has 0 heterocycles. The lowest BCUT2D eigenvalue weighted by Gasteiger charge is -2.25. The first-order valence-corrected chi connectivity index (χ1v) is 19.6. The molecular formula is C55H39N. The van der Waals surface area contributed by atoms with Gasteiger partial charge in [0.2, 0.25) is 0 Å². The van der Waals surface area contributed by atoms with Gasteiger partial charge in [-0.3, -0.25) is 0 Å². The molecule has 1 heteroatoms. The van der Waals surface area contributed by atoms with Gasteiger partial charge in [-0.25, -0.2) is 0 Å². The minimum absolute atomic E-state index is 0.0156. The van der Waals surface area contributed by atoms with Gasteiger partial charge in [0.15, 0.2) is 0 Å². The normalized spacial score (nSPS) is 13.0. The van der Waals surface area contributed by atoms with Crippen molar-refractivity contribution in [3.63, 3.8) is 0 Å². The highest BCUT2D eigenvalue weighted by Gasteiger charge is 2.35. The van der Waals surface area contributed by atoms with Gasteiger partial charge in [-0.05, 0) is 148 Å². The number of rotatable bonds is 5. The van der Waals surface area contributed by atoms with Crippen LogP contribution in [0.1, 0.15) is 25.0 Å². The molecule has 10 aromatic rings. The van der Waals surface area contributed by atoms with Gasteiger partial charge in [-0.2, -0.15) is 0 Å². The Morgan fingerprint density at radius 2 is 0.786 bits per heavy atom. The van der Waals surface area contributed by atoms with Crippen molar-refractivity contribution in [1.29, 1.82) is 0 Å². The minimum Gasteiger partial charge on any atom is -0.310 e. The Labute approximate surface area is 327 Å². The van der Waals surface area contributed by atoms with Crippen LogP contribution in [0.3, 0.4) is 0 Å². The summed E-state index contributed by atoms with van der Waals surface area (Å²) in [6.07, 6.45) is 0. The van der Waals surface area contributed by atoms with E-state index >= 15 is 0 Å². The van der Waals surface area contributed by atoms with Crippen molar-refractivity contribution >= 4 is 60.2 Å². The zero-order chi connectivity index (χ0) is 37.4. The summed E-state index contributed by atoms with van der Waals surface area (Å²) >= 11 is 0. The van der Waals surface area contributed by atoms with Crippen LogP contribution in [0, 0.1) is 0 Å². The molecule has 1 aliphatic carbocycles. The monoisotopic (exact) mass is 713 g/mol. The molecule has 1 aliphatic rings. The van der Waals surface area contributed by atoms with Crippen molar-refractivity contribution in [3.05, 3.63) is 211 Å². The van der Waals surface area contributed by atoms with E-state index in [2.05, 4.69) is 219 Å². The molecule has 264 valence electrons. The van der Waals surface area contributed by atoms with E-state index in [9.17, 15) is 0 Å². The molecule has 0 fully saturated rings. The lowest BCUT2D eigenvalue weighted by Crippen LogP contribution is -2.14. The molecule has 0 aromatic heterocycles. The van der Waals surface area contributed by atoms with E-state index < -0.39 is 0 Å². The van der Waals surface area contributed by atoms with Crippen molar-refractivity contribution < 1.29 is 0 Å². The molecule has 0 spiro atoms. The molecule has 0 saturated heterocycles. The van der Waals surface area contributed by atoms with Gasteiger partial charge in [0.25, 0.3) is 0 Å². The minimum atomic E-state index is -0.0156. The Morgan fingerprint density at radius 3 is 1.43 bits per heavy atom. The molecule has 56 heavy (non-hydrogen) atoms. The van der Waals surface area contributed by atoms with Crippen molar-refractivity contribution in [2.45, 2.75) is 19.3 Å². The number of anilines is 3. The molecule has 0 saturated carbocycles. The number of para-hydroxylation sites is 2. The van der Waals surface area contributed by atoms with E-state index in [1.807, 2.05) is 0 Å². The second-order valence-corrected chi connectivity index (χ2v) is 15.7. The molecule has 0 aliphatic heterocycles. The summed E-state index contributed by atoms with van der Waals surface area (Å²) in [5.41, 5.74) is 13.9. The second-order valence-electron chi connectivity index (χ2n) is 15.7. The molecule has 11 rings (SSSR count). The molecule has 0 N–H and O–H groups in total. The summed E-state index contributed by atoms with van der Waals surface area (Å²) in [6.45, 7) is 4.70. The van der Waals surface area contributed by atoms with E-state index in [1.165, 1.54) is 87.6 Å². The number of benzene rings is 10. The molecular weight excluding hydrogens is 675 g/mol. The largest absolute Gasteiger partial charge is 0.310 e. The summed E-state index contributed by atoms with van der Waals surface area (Å²) in [4.78, 5) is 2.33. The Balaban J connectivity index is 1.07. The zero-order valence-electron chi connectivity index (χ0n) is 31.5. The average molecular weight is 714 g/mol. The number of hydrogen-bond acceptors (Lipinski definition) is 1. The zero-order valence-corrected chi connectivity index (χ0v) is 31.5. The van der Waals surface area contributed by atoms with Crippen molar-refractivity contribution in [3.8, 4) is 33.4 Å². The highest BCUT2D eigenvalue weighted by Crippen LogP contribution is 2.50. The van der Waals surface area contributed by atoms with E-state index in [1.54, 1.807) is 0 Å². The molecule has 0 atom stereocenters. The van der Waals surface area contributed by atoms with Gasteiger partial charge < -0.3 is 4.90 Å². The van der Waals surface area contributed by atoms with Crippen LogP contribution in [0.25, 0.3) is 76.5 Å². The average Bonchev–Trinajstić information content (AvgIpc) is 3.49. The summed E-state index contributed by atoms with van der Waals surface area (Å²) in [5.74, 6) is 0. The highest BCUT2D eigenvalue weighted by molar-refractivity contribution is 6.24. The standard InChI is InChI=1S/C55H39N/c1-55(2)53-24-14-13-23-47(53)52-33-39(28-30-54(52)55)49-35-51-45-21-11-9-19-43(45)48(34-50(51)46-22-12-10-20-44(46)49)38-26-25-37-32-42(29-27-36(37)31-38)56(40-15-5-3-6-16-40)41-17-7-4-8-18-41/h3-35H,1-2H3. The number of fused-ring (bicyclic) bond motifs is 9. The van der Waals surface area contributed by atoms with Gasteiger partial charge in [-0.1, -0.05) is 153 Å². The number of nitrogens with zero attached hydrogens (tertiary/aromatic N) is 1. The third-order valence-corrected chi connectivity index (χ3v) is 12.2. The maximum atomic E-state index is 2.45. The first kappa shape index (κ1) is 32.5. The van der Waals surface area contributed by atoms with Gasteiger partial charge >= 0.3 is 0 Å². The summed E-state index contributed by atoms with van der Waals surface area (Å²) in [6, 6.07) is 73.9. The maximum absolute atomic E-state index is 2.45. The molecule has 10 aromatic carbocycles. The highest BCUT2D eigenvalue weighted by atomic mass is 15.1. The smallest absolute Gasteiger partial charge is 0.0468 e. The Bertz CT molecular complexity index is 3120. The molecule has 1 nitrogen and oxygen atoms in total. The fourth-order valence-electron chi connectivity index (χ4n) is 9.46. The van der Waals surface area contributed by atoms with Crippen LogP contribution >= 0.6 is 0 Å². The van der Waals surface area contributed by atoms with Crippen LogP contribution in [-0.2, 0) is 5.41 Å². The van der Waals surface area contributed by atoms with Crippen molar-refractivity contribution in [2.24, 2.45) is 0 Å². The predicted molar refractivity (Wildman–Crippen MR) is 240 cm³/mol. The molecule has 0 unspecified atom stereocenters. The van der Waals surface area contributed by atoms with Crippen LogP contribution < -0.4 is 4.90 Å². The van der Waals surface area contributed by atoms with Crippen LogP contribution in [0.2, 0.25) is 0 Å². The topological polar surface area (TPSA) is 3.24 Å². The van der Waals surface area contributed by atoms with Gasteiger partial charge in [0, 0.05) is 22.5 Å². The first-order valence-electron chi connectivity index (χ1n) is 19.6. The van der Waals surface area contributed by atoms with Gasteiger partial charge in [0.05, 0.1) is 0 Å².